The van der Waals surface area contributed by atoms with Gasteiger partial charge in [0, 0.05) is 12.7 Å². The number of nitrogens with one attached hydrogen (secondary N) is 1. The van der Waals surface area contributed by atoms with E-state index in [4.69, 9.17) is 0 Å². The molecule has 120 valence electrons. The highest BCUT2D eigenvalue weighted by atomic mass is 19.4. The lowest BCUT2D eigenvalue weighted by Gasteiger charge is -2.25. The Balaban J connectivity index is 2.52. The Morgan fingerprint density at radius 3 is 2.29 bits per heavy atom. The maximum absolute atomic E-state index is 12.4. The molecule has 1 amide bonds. The van der Waals surface area contributed by atoms with Crippen LogP contribution in [0.25, 0.3) is 0 Å². The van der Waals surface area contributed by atoms with Crippen molar-refractivity contribution in [2.45, 2.75) is 40.4 Å². The zero-order chi connectivity index (χ0) is 16.2. The lowest BCUT2D eigenvalue weighted by Crippen LogP contribution is -2.35. The maximum atomic E-state index is 12.4. The molecule has 0 saturated carbocycles. The van der Waals surface area contributed by atoms with Crippen LogP contribution in [-0.2, 0) is 17.5 Å². The third-order valence-corrected chi connectivity index (χ3v) is 3.48. The van der Waals surface area contributed by atoms with Crippen molar-refractivity contribution < 1.29 is 18.0 Å². The first-order chi connectivity index (χ1) is 9.61. The van der Waals surface area contributed by atoms with Gasteiger partial charge in [-0.2, -0.15) is 18.3 Å². The molecule has 0 spiro atoms. The van der Waals surface area contributed by atoms with E-state index in [1.807, 2.05) is 0 Å². The molecule has 0 aliphatic carbocycles. The molecule has 0 aliphatic rings. The quantitative estimate of drug-likeness (QED) is 0.878. The SMILES string of the molecule is CC(C)C(CNC(=O)Cn1ccc(C(F)(F)F)n1)C(C)C. The first-order valence-corrected chi connectivity index (χ1v) is 6.98. The van der Waals surface area contributed by atoms with Crippen molar-refractivity contribution in [2.24, 2.45) is 17.8 Å². The van der Waals surface area contributed by atoms with Gasteiger partial charge in [0.25, 0.3) is 0 Å². The van der Waals surface area contributed by atoms with Gasteiger partial charge in [0.2, 0.25) is 5.91 Å². The summed E-state index contributed by atoms with van der Waals surface area (Å²) in [4.78, 5) is 11.8. The topological polar surface area (TPSA) is 46.9 Å². The molecular weight excluding hydrogens is 283 g/mol. The van der Waals surface area contributed by atoms with Gasteiger partial charge >= 0.3 is 6.18 Å². The van der Waals surface area contributed by atoms with Gasteiger partial charge in [-0.1, -0.05) is 27.7 Å². The van der Waals surface area contributed by atoms with E-state index >= 15 is 0 Å². The second kappa shape index (κ2) is 6.95. The van der Waals surface area contributed by atoms with E-state index in [0.717, 1.165) is 16.9 Å². The Morgan fingerprint density at radius 1 is 1.29 bits per heavy atom. The van der Waals surface area contributed by atoms with Gasteiger partial charge in [-0.25, -0.2) is 0 Å². The number of nitrogens with zero attached hydrogens (tertiary/aromatic N) is 2. The maximum Gasteiger partial charge on any atom is 0.435 e. The van der Waals surface area contributed by atoms with E-state index in [1.165, 1.54) is 0 Å². The monoisotopic (exact) mass is 305 g/mol. The largest absolute Gasteiger partial charge is 0.435 e. The summed E-state index contributed by atoms with van der Waals surface area (Å²) in [5.74, 6) is 0.842. The molecule has 0 fully saturated rings. The van der Waals surface area contributed by atoms with Crippen LogP contribution in [0, 0.1) is 17.8 Å². The molecule has 21 heavy (non-hydrogen) atoms. The van der Waals surface area contributed by atoms with E-state index in [0.29, 0.717) is 24.3 Å². The van der Waals surface area contributed by atoms with Crippen LogP contribution in [0.15, 0.2) is 12.3 Å². The van der Waals surface area contributed by atoms with Crippen LogP contribution < -0.4 is 5.32 Å². The molecule has 1 aromatic rings. The summed E-state index contributed by atoms with van der Waals surface area (Å²) in [6, 6.07) is 0.859. The Morgan fingerprint density at radius 2 is 1.86 bits per heavy atom. The summed E-state index contributed by atoms with van der Waals surface area (Å²) in [6.45, 7) is 8.64. The molecule has 0 saturated heterocycles. The van der Waals surface area contributed by atoms with Crippen molar-refractivity contribution in [1.29, 1.82) is 0 Å². The van der Waals surface area contributed by atoms with Gasteiger partial charge in [0.15, 0.2) is 5.69 Å². The minimum Gasteiger partial charge on any atom is -0.354 e. The van der Waals surface area contributed by atoms with Crippen LogP contribution in [0.1, 0.15) is 33.4 Å². The fraction of sp³-hybridized carbons (Fsp3) is 0.714. The third kappa shape index (κ3) is 5.40. The summed E-state index contributed by atoms with van der Waals surface area (Å²) >= 11 is 0. The molecule has 1 aromatic heterocycles. The highest BCUT2D eigenvalue weighted by molar-refractivity contribution is 5.75. The fourth-order valence-electron chi connectivity index (χ4n) is 2.28. The van der Waals surface area contributed by atoms with E-state index in [2.05, 4.69) is 38.1 Å². The predicted octanol–water partition coefficient (Wildman–Crippen LogP) is 2.95. The molecule has 0 bridgehead atoms. The van der Waals surface area contributed by atoms with Crippen molar-refractivity contribution in [3.8, 4) is 0 Å². The Kier molecular flexibility index (Phi) is 5.80. The molecule has 0 aliphatic heterocycles. The summed E-state index contributed by atoms with van der Waals surface area (Å²) in [5, 5.41) is 6.11. The zero-order valence-electron chi connectivity index (χ0n) is 12.7. The Bertz CT molecular complexity index is 458. The van der Waals surface area contributed by atoms with E-state index in [9.17, 15) is 18.0 Å². The Labute approximate surface area is 122 Å². The first-order valence-electron chi connectivity index (χ1n) is 6.98. The summed E-state index contributed by atoms with van der Waals surface area (Å²) < 4.78 is 38.2. The summed E-state index contributed by atoms with van der Waals surface area (Å²) in [6.07, 6.45) is -3.33. The number of carbonyl (C=O) groups is 1. The molecule has 1 N–H and O–H groups in total. The molecule has 0 unspecified atom stereocenters. The van der Waals surface area contributed by atoms with E-state index < -0.39 is 11.9 Å². The minimum atomic E-state index is -4.48. The van der Waals surface area contributed by atoms with Crippen LogP contribution in [0.2, 0.25) is 0 Å². The number of hydrogen-bond acceptors (Lipinski definition) is 2. The average molecular weight is 305 g/mol. The molecule has 0 atom stereocenters. The van der Waals surface area contributed by atoms with Crippen LogP contribution in [0.5, 0.6) is 0 Å². The average Bonchev–Trinajstić information content (AvgIpc) is 2.76. The van der Waals surface area contributed by atoms with Crippen molar-refractivity contribution in [2.75, 3.05) is 6.54 Å². The highest BCUT2D eigenvalue weighted by Crippen LogP contribution is 2.27. The van der Waals surface area contributed by atoms with Crippen LogP contribution in [-0.4, -0.2) is 22.2 Å². The molecule has 7 heteroatoms. The lowest BCUT2D eigenvalue weighted by molar-refractivity contribution is -0.141. The van der Waals surface area contributed by atoms with Gasteiger partial charge in [0.05, 0.1) is 0 Å². The summed E-state index contributed by atoms with van der Waals surface area (Å²) in [5.41, 5.74) is -0.988. The smallest absolute Gasteiger partial charge is 0.354 e. The molecule has 4 nitrogen and oxygen atoms in total. The van der Waals surface area contributed by atoms with E-state index in [-0.39, 0.29) is 12.5 Å². The normalized spacial score (nSPS) is 12.5. The van der Waals surface area contributed by atoms with Gasteiger partial charge in [-0.05, 0) is 23.8 Å². The van der Waals surface area contributed by atoms with Crippen LogP contribution in [0.3, 0.4) is 0 Å². The second-order valence-corrected chi connectivity index (χ2v) is 5.85. The number of amides is 1. The third-order valence-electron chi connectivity index (χ3n) is 3.48. The number of halogens is 3. The zero-order valence-corrected chi connectivity index (χ0v) is 12.7. The minimum absolute atomic E-state index is 0.209. The fourth-order valence-corrected chi connectivity index (χ4v) is 2.28. The standard InChI is InChI=1S/C14H22F3N3O/c1-9(2)11(10(3)4)7-18-13(21)8-20-6-5-12(19-20)14(15,16)17/h5-6,9-11H,7-8H2,1-4H3,(H,18,21). The predicted molar refractivity (Wildman–Crippen MR) is 73.4 cm³/mol. The van der Waals surface area contributed by atoms with Crippen molar-refractivity contribution in [1.82, 2.24) is 15.1 Å². The number of carbonyl (C=O) groups excluding carboxylic acids is 1. The number of rotatable bonds is 6. The number of hydrogen-bond donors (Lipinski definition) is 1. The van der Waals surface area contributed by atoms with Crippen LogP contribution in [0.4, 0.5) is 13.2 Å². The first kappa shape index (κ1) is 17.5. The highest BCUT2D eigenvalue weighted by Gasteiger charge is 2.33. The summed E-state index contributed by atoms with van der Waals surface area (Å²) in [7, 11) is 0. The number of aromatic nitrogens is 2. The van der Waals surface area contributed by atoms with E-state index in [1.54, 1.807) is 0 Å². The van der Waals surface area contributed by atoms with Crippen LogP contribution >= 0.6 is 0 Å². The lowest BCUT2D eigenvalue weighted by atomic mass is 9.85. The number of alkyl halides is 3. The van der Waals surface area contributed by atoms with Crippen molar-refractivity contribution >= 4 is 5.91 Å². The van der Waals surface area contributed by atoms with Crippen molar-refractivity contribution in [3.05, 3.63) is 18.0 Å². The molecular formula is C14H22F3N3O. The molecule has 0 aromatic carbocycles. The van der Waals surface area contributed by atoms with Gasteiger partial charge in [-0.15, -0.1) is 0 Å². The van der Waals surface area contributed by atoms with Crippen molar-refractivity contribution in [3.63, 3.8) is 0 Å². The molecule has 1 heterocycles. The van der Waals surface area contributed by atoms with Gasteiger partial charge < -0.3 is 5.32 Å². The van der Waals surface area contributed by atoms with Gasteiger partial charge in [0.1, 0.15) is 6.54 Å². The molecule has 0 radical (unpaired) electrons. The van der Waals surface area contributed by atoms with Gasteiger partial charge in [-0.3, -0.25) is 9.48 Å². The Hall–Kier alpha value is -1.53. The second-order valence-electron chi connectivity index (χ2n) is 5.85. The molecule has 1 rings (SSSR count).